The molecule has 2 aliphatic rings. The second-order valence-corrected chi connectivity index (χ2v) is 10.3. The Morgan fingerprint density at radius 1 is 1.33 bits per heavy atom. The van der Waals surface area contributed by atoms with Crippen molar-refractivity contribution >= 4 is 62.2 Å². The van der Waals surface area contributed by atoms with Crippen molar-refractivity contribution in [3.63, 3.8) is 0 Å². The predicted octanol–water partition coefficient (Wildman–Crippen LogP) is 3.62. The topological polar surface area (TPSA) is 105 Å². The zero-order valence-electron chi connectivity index (χ0n) is 18.2. The number of nitrogens with one attached hydrogen (secondary N) is 1. The molecule has 2 fully saturated rings. The highest BCUT2D eigenvalue weighted by Crippen LogP contribution is 2.35. The van der Waals surface area contributed by atoms with E-state index >= 15 is 0 Å². The van der Waals surface area contributed by atoms with Crippen molar-refractivity contribution in [3.05, 3.63) is 27.7 Å². The number of aromatic nitrogens is 2. The lowest BCUT2D eigenvalue weighted by Crippen LogP contribution is -2.59. The minimum atomic E-state index is -1.22. The van der Waals surface area contributed by atoms with Gasteiger partial charge >= 0.3 is 12.0 Å². The smallest absolute Gasteiger partial charge is 0.327 e. The molecule has 2 aromatic rings. The molecule has 0 bridgehead atoms. The zero-order chi connectivity index (χ0) is 24.1. The number of amides is 3. The van der Waals surface area contributed by atoms with Gasteiger partial charge in [0.2, 0.25) is 5.28 Å². The van der Waals surface area contributed by atoms with Gasteiger partial charge in [-0.1, -0.05) is 0 Å². The molecule has 4 rings (SSSR count). The molecule has 1 N–H and O–H groups in total. The Hall–Kier alpha value is -2.53. The monoisotopic (exact) mass is 541 g/mol. The van der Waals surface area contributed by atoms with E-state index in [1.807, 2.05) is 0 Å². The van der Waals surface area contributed by atoms with Crippen LogP contribution in [0.4, 0.5) is 15.0 Å². The van der Waals surface area contributed by atoms with Crippen LogP contribution in [0.3, 0.4) is 0 Å². The average molecular weight is 543 g/mol. The molecule has 1 spiro atoms. The van der Waals surface area contributed by atoms with Gasteiger partial charge in [0.1, 0.15) is 16.9 Å². The second kappa shape index (κ2) is 8.35. The molecule has 0 unspecified atom stereocenters. The standard InChI is InChI=1S/C21H22BrClFN5O4/c1-20(2,3)17(31)33-10-29-16(30)21(27-19(29)32)7-4-8-28(9-21)15-11-5-6-12(22)13(24)14(11)25-18(23)26-15/h5-6H,4,7-10H2,1-3H3,(H,27,32)/t21-/m1/s1. The fraction of sp³-hybridized carbons (Fsp3) is 0.476. The van der Waals surface area contributed by atoms with Gasteiger partial charge in [-0.15, -0.1) is 0 Å². The van der Waals surface area contributed by atoms with Crippen LogP contribution in [0.25, 0.3) is 10.9 Å². The van der Waals surface area contributed by atoms with Crippen molar-refractivity contribution in [1.82, 2.24) is 20.2 Å². The highest BCUT2D eigenvalue weighted by atomic mass is 79.9. The Morgan fingerprint density at radius 2 is 2.06 bits per heavy atom. The van der Waals surface area contributed by atoms with E-state index in [0.29, 0.717) is 30.6 Å². The summed E-state index contributed by atoms with van der Waals surface area (Å²) in [6.45, 7) is 5.19. The maximum atomic E-state index is 14.6. The molecule has 0 aliphatic carbocycles. The third kappa shape index (κ3) is 4.23. The first-order valence-electron chi connectivity index (χ1n) is 10.3. The Morgan fingerprint density at radius 3 is 2.76 bits per heavy atom. The van der Waals surface area contributed by atoms with Crippen LogP contribution in [0.1, 0.15) is 33.6 Å². The first-order chi connectivity index (χ1) is 15.4. The van der Waals surface area contributed by atoms with Gasteiger partial charge in [0.25, 0.3) is 5.91 Å². The van der Waals surface area contributed by atoms with E-state index in [4.69, 9.17) is 16.3 Å². The van der Waals surface area contributed by atoms with Gasteiger partial charge in [-0.05, 0) is 73.3 Å². The Balaban J connectivity index is 1.62. The lowest BCUT2D eigenvalue weighted by atomic mass is 9.89. The van der Waals surface area contributed by atoms with Gasteiger partial charge in [-0.2, -0.15) is 4.98 Å². The van der Waals surface area contributed by atoms with E-state index < -0.39 is 41.4 Å². The maximum absolute atomic E-state index is 14.6. The molecular formula is C21H22BrClFN5O4. The molecule has 9 nitrogen and oxygen atoms in total. The molecule has 3 amide bonds. The summed E-state index contributed by atoms with van der Waals surface area (Å²) in [6, 6.07) is 2.58. The van der Waals surface area contributed by atoms with Crippen molar-refractivity contribution in [3.8, 4) is 0 Å². The van der Waals surface area contributed by atoms with Crippen LogP contribution in [-0.4, -0.2) is 58.1 Å². The molecule has 2 aliphatic heterocycles. The van der Waals surface area contributed by atoms with Gasteiger partial charge in [0.05, 0.1) is 16.4 Å². The fourth-order valence-corrected chi connectivity index (χ4v) is 4.47. The largest absolute Gasteiger partial charge is 0.443 e. The van der Waals surface area contributed by atoms with Crippen LogP contribution < -0.4 is 10.2 Å². The number of rotatable bonds is 3. The minimum absolute atomic E-state index is 0.0523. The van der Waals surface area contributed by atoms with Crippen molar-refractivity contribution in [2.24, 2.45) is 5.41 Å². The molecule has 3 heterocycles. The highest BCUT2D eigenvalue weighted by molar-refractivity contribution is 9.10. The second-order valence-electron chi connectivity index (χ2n) is 9.16. The number of carbonyl (C=O) groups is 3. The van der Waals surface area contributed by atoms with E-state index in [2.05, 4.69) is 31.2 Å². The van der Waals surface area contributed by atoms with Gasteiger partial charge in [0, 0.05) is 11.9 Å². The van der Waals surface area contributed by atoms with Crippen molar-refractivity contribution in [2.45, 2.75) is 39.2 Å². The summed E-state index contributed by atoms with van der Waals surface area (Å²) in [7, 11) is 0. The number of benzene rings is 1. The maximum Gasteiger partial charge on any atom is 0.327 e. The third-order valence-corrected chi connectivity index (χ3v) is 6.47. The van der Waals surface area contributed by atoms with Gasteiger partial charge in [0.15, 0.2) is 12.5 Å². The van der Waals surface area contributed by atoms with Crippen molar-refractivity contribution in [2.75, 3.05) is 24.7 Å². The molecule has 12 heteroatoms. The van der Waals surface area contributed by atoms with E-state index in [9.17, 15) is 18.8 Å². The van der Waals surface area contributed by atoms with Crippen molar-refractivity contribution < 1.29 is 23.5 Å². The normalized spacial score (nSPS) is 21.2. The number of esters is 1. The van der Waals surface area contributed by atoms with Crippen LogP contribution in [0.2, 0.25) is 5.28 Å². The fourth-order valence-electron chi connectivity index (χ4n) is 3.98. The third-order valence-electron chi connectivity index (χ3n) is 5.69. The lowest BCUT2D eigenvalue weighted by molar-refractivity contribution is -0.158. The molecule has 0 radical (unpaired) electrons. The number of imide groups is 1. The van der Waals surface area contributed by atoms with Crippen LogP contribution in [-0.2, 0) is 14.3 Å². The number of ether oxygens (including phenoxy) is 1. The number of urea groups is 1. The van der Waals surface area contributed by atoms with Gasteiger partial charge in [-0.25, -0.2) is 19.1 Å². The molecule has 1 aromatic carbocycles. The summed E-state index contributed by atoms with van der Waals surface area (Å²) in [6.07, 6.45) is 0.957. The number of hydrogen-bond donors (Lipinski definition) is 1. The summed E-state index contributed by atoms with van der Waals surface area (Å²) in [5.41, 5.74) is -1.94. The van der Waals surface area contributed by atoms with Crippen LogP contribution in [0, 0.1) is 11.2 Å². The van der Waals surface area contributed by atoms with Gasteiger partial charge in [-0.3, -0.25) is 9.59 Å². The highest BCUT2D eigenvalue weighted by Gasteiger charge is 2.53. The lowest BCUT2D eigenvalue weighted by Gasteiger charge is -2.39. The number of anilines is 1. The SMILES string of the molecule is CC(C)(C)C(=O)OCN1C(=O)N[C@@]2(CCCN(c3nc(Cl)nc4c(F)c(Br)ccc34)C2)C1=O. The van der Waals surface area contributed by atoms with E-state index in [0.717, 1.165) is 4.90 Å². The molecule has 1 atom stereocenters. The average Bonchev–Trinajstić information content (AvgIpc) is 2.96. The molecule has 2 saturated heterocycles. The number of halogens is 3. The summed E-state index contributed by atoms with van der Waals surface area (Å²) < 4.78 is 20.1. The van der Waals surface area contributed by atoms with Crippen molar-refractivity contribution in [1.29, 1.82) is 0 Å². The first-order valence-corrected chi connectivity index (χ1v) is 11.5. The predicted molar refractivity (Wildman–Crippen MR) is 122 cm³/mol. The summed E-state index contributed by atoms with van der Waals surface area (Å²) in [5, 5.41) is 3.06. The summed E-state index contributed by atoms with van der Waals surface area (Å²) in [4.78, 5) is 48.9. The number of nitrogens with zero attached hydrogens (tertiary/aromatic N) is 4. The number of carbonyl (C=O) groups excluding carboxylic acids is 3. The first kappa shape index (κ1) is 23.6. The zero-order valence-corrected chi connectivity index (χ0v) is 20.6. The Kier molecular flexibility index (Phi) is 5.98. The molecule has 33 heavy (non-hydrogen) atoms. The molecule has 0 saturated carbocycles. The Labute approximate surface area is 202 Å². The van der Waals surface area contributed by atoms with E-state index in [-0.39, 0.29) is 21.8 Å². The number of piperidine rings is 1. The van der Waals surface area contributed by atoms with Crippen LogP contribution in [0.15, 0.2) is 16.6 Å². The number of hydrogen-bond acceptors (Lipinski definition) is 7. The Bertz CT molecular complexity index is 1170. The quantitative estimate of drug-likeness (QED) is 0.359. The van der Waals surface area contributed by atoms with E-state index in [1.165, 1.54) is 0 Å². The summed E-state index contributed by atoms with van der Waals surface area (Å²) in [5.74, 6) is -1.21. The van der Waals surface area contributed by atoms with E-state index in [1.54, 1.807) is 37.8 Å². The van der Waals surface area contributed by atoms with Crippen LogP contribution >= 0.6 is 27.5 Å². The van der Waals surface area contributed by atoms with Gasteiger partial charge < -0.3 is 15.0 Å². The van der Waals surface area contributed by atoms with Crippen LogP contribution in [0.5, 0.6) is 0 Å². The molecule has 1 aromatic heterocycles. The minimum Gasteiger partial charge on any atom is -0.443 e. The number of fused-ring (bicyclic) bond motifs is 1. The molecular weight excluding hydrogens is 521 g/mol. The summed E-state index contributed by atoms with van der Waals surface area (Å²) >= 11 is 9.22. The molecule has 176 valence electrons.